The van der Waals surface area contributed by atoms with Gasteiger partial charge in [-0.3, -0.25) is 0 Å². The van der Waals surface area contributed by atoms with Gasteiger partial charge in [0.15, 0.2) is 0 Å². The summed E-state index contributed by atoms with van der Waals surface area (Å²) in [6.45, 7) is 1.53. The van der Waals surface area contributed by atoms with Gasteiger partial charge in [0.1, 0.15) is 10.5 Å². The Bertz CT molecular complexity index is 658. The molecule has 1 aliphatic rings. The minimum Gasteiger partial charge on any atom is -0.345 e. The molecule has 1 fully saturated rings. The van der Waals surface area contributed by atoms with Crippen molar-refractivity contribution >= 4 is 21.1 Å². The molecule has 2 aromatic heterocycles. The molecular formula is C11H14N4O2S. The summed E-state index contributed by atoms with van der Waals surface area (Å²) in [5, 5.41) is 3.75. The third-order valence-electron chi connectivity index (χ3n) is 3.08. The Morgan fingerprint density at radius 3 is 3.11 bits per heavy atom. The fourth-order valence-corrected chi connectivity index (χ4v) is 3.63. The first-order valence-electron chi connectivity index (χ1n) is 5.82. The van der Waals surface area contributed by atoms with Crippen LogP contribution in [0.15, 0.2) is 29.4 Å². The highest BCUT2D eigenvalue weighted by atomic mass is 32.2. The molecule has 0 saturated carbocycles. The summed E-state index contributed by atoms with van der Waals surface area (Å²) in [7, 11) is -3.49. The van der Waals surface area contributed by atoms with Crippen LogP contribution in [0.3, 0.4) is 0 Å². The van der Waals surface area contributed by atoms with Crippen LogP contribution in [-0.2, 0) is 10.0 Å². The summed E-state index contributed by atoms with van der Waals surface area (Å²) in [6.07, 6.45) is 3.94. The number of nitrogens with zero attached hydrogens (tertiary/aromatic N) is 1. The van der Waals surface area contributed by atoms with Gasteiger partial charge in [0, 0.05) is 30.4 Å². The van der Waals surface area contributed by atoms with Crippen LogP contribution in [-0.4, -0.2) is 37.5 Å². The van der Waals surface area contributed by atoms with E-state index in [1.54, 1.807) is 18.3 Å². The van der Waals surface area contributed by atoms with E-state index in [2.05, 4.69) is 20.0 Å². The predicted octanol–water partition coefficient (Wildman–Crippen LogP) is 0.203. The van der Waals surface area contributed by atoms with E-state index >= 15 is 0 Å². The number of aromatic amines is 1. The molecule has 96 valence electrons. The first-order valence-corrected chi connectivity index (χ1v) is 7.30. The van der Waals surface area contributed by atoms with Crippen LogP contribution in [0.5, 0.6) is 0 Å². The van der Waals surface area contributed by atoms with E-state index in [9.17, 15) is 8.42 Å². The summed E-state index contributed by atoms with van der Waals surface area (Å²) >= 11 is 0. The van der Waals surface area contributed by atoms with Gasteiger partial charge in [-0.15, -0.1) is 0 Å². The van der Waals surface area contributed by atoms with Crippen molar-refractivity contribution in [2.24, 2.45) is 0 Å². The molecule has 7 heteroatoms. The summed E-state index contributed by atoms with van der Waals surface area (Å²) < 4.78 is 27.3. The van der Waals surface area contributed by atoms with E-state index in [0.29, 0.717) is 17.6 Å². The van der Waals surface area contributed by atoms with Gasteiger partial charge in [-0.2, -0.15) is 0 Å². The summed E-state index contributed by atoms with van der Waals surface area (Å²) in [6, 6.07) is 3.45. The number of sulfonamides is 1. The van der Waals surface area contributed by atoms with Crippen molar-refractivity contribution in [3.05, 3.63) is 24.5 Å². The largest absolute Gasteiger partial charge is 0.345 e. The molecular weight excluding hydrogens is 252 g/mol. The van der Waals surface area contributed by atoms with Gasteiger partial charge in [0.25, 0.3) is 0 Å². The molecule has 0 spiro atoms. The van der Waals surface area contributed by atoms with Gasteiger partial charge < -0.3 is 10.3 Å². The maximum atomic E-state index is 12.3. The van der Waals surface area contributed by atoms with Crippen LogP contribution in [0.4, 0.5) is 0 Å². The predicted molar refractivity (Wildman–Crippen MR) is 67.7 cm³/mol. The van der Waals surface area contributed by atoms with Crippen LogP contribution in [0.2, 0.25) is 0 Å². The molecule has 0 aromatic carbocycles. The van der Waals surface area contributed by atoms with Gasteiger partial charge in [0.2, 0.25) is 10.0 Å². The lowest BCUT2D eigenvalue weighted by atomic mass is 10.3. The molecule has 1 atom stereocenters. The highest BCUT2D eigenvalue weighted by Crippen LogP contribution is 2.21. The Morgan fingerprint density at radius 1 is 1.44 bits per heavy atom. The van der Waals surface area contributed by atoms with Crippen molar-refractivity contribution in [1.29, 1.82) is 0 Å². The van der Waals surface area contributed by atoms with Crippen LogP contribution >= 0.6 is 0 Å². The van der Waals surface area contributed by atoms with Gasteiger partial charge in [-0.25, -0.2) is 18.1 Å². The Morgan fingerprint density at radius 2 is 2.33 bits per heavy atom. The van der Waals surface area contributed by atoms with Crippen molar-refractivity contribution < 1.29 is 8.42 Å². The Hall–Kier alpha value is -1.44. The van der Waals surface area contributed by atoms with Crippen molar-refractivity contribution in [3.8, 4) is 0 Å². The van der Waals surface area contributed by atoms with Crippen molar-refractivity contribution in [2.75, 3.05) is 13.1 Å². The maximum Gasteiger partial charge on any atom is 0.243 e. The molecule has 3 rings (SSSR count). The third kappa shape index (κ3) is 2.00. The van der Waals surface area contributed by atoms with E-state index in [0.717, 1.165) is 13.0 Å². The fraction of sp³-hybridized carbons (Fsp3) is 0.364. The number of fused-ring (bicyclic) bond motifs is 1. The lowest BCUT2D eigenvalue weighted by Crippen LogP contribution is -2.36. The number of nitrogens with one attached hydrogen (secondary N) is 3. The van der Waals surface area contributed by atoms with E-state index < -0.39 is 10.0 Å². The first-order chi connectivity index (χ1) is 8.67. The zero-order valence-electron chi connectivity index (χ0n) is 9.68. The van der Waals surface area contributed by atoms with E-state index in [1.165, 1.54) is 6.20 Å². The molecule has 0 unspecified atom stereocenters. The number of hydrogen-bond acceptors (Lipinski definition) is 4. The number of hydrogen-bond donors (Lipinski definition) is 3. The number of pyridine rings is 1. The normalized spacial score (nSPS) is 20.6. The van der Waals surface area contributed by atoms with Crippen molar-refractivity contribution in [1.82, 2.24) is 20.0 Å². The topological polar surface area (TPSA) is 86.9 Å². The fourth-order valence-electron chi connectivity index (χ4n) is 2.19. The molecule has 6 nitrogen and oxygen atoms in total. The molecule has 3 N–H and O–H groups in total. The Kier molecular flexibility index (Phi) is 2.81. The molecule has 0 aliphatic carbocycles. The molecule has 3 heterocycles. The second-order valence-corrected chi connectivity index (χ2v) is 6.05. The third-order valence-corrected chi connectivity index (χ3v) is 4.65. The molecule has 0 amide bonds. The summed E-state index contributed by atoms with van der Waals surface area (Å²) in [5.74, 6) is 0. The Balaban J connectivity index is 1.97. The zero-order chi connectivity index (χ0) is 12.6. The Labute approximate surface area is 105 Å². The monoisotopic (exact) mass is 266 g/mol. The first kappa shape index (κ1) is 11.6. The number of rotatable bonds is 3. The summed E-state index contributed by atoms with van der Waals surface area (Å²) in [4.78, 5) is 7.22. The van der Waals surface area contributed by atoms with Gasteiger partial charge >= 0.3 is 0 Å². The molecule has 2 aromatic rings. The second kappa shape index (κ2) is 4.34. The van der Waals surface area contributed by atoms with Gasteiger partial charge in [-0.05, 0) is 25.1 Å². The number of H-pyrrole nitrogens is 1. The molecule has 1 saturated heterocycles. The van der Waals surface area contributed by atoms with E-state index in [4.69, 9.17) is 0 Å². The van der Waals surface area contributed by atoms with Crippen LogP contribution < -0.4 is 10.0 Å². The molecule has 1 aliphatic heterocycles. The minimum absolute atomic E-state index is 0.0309. The lowest BCUT2D eigenvalue weighted by Gasteiger charge is -2.10. The quantitative estimate of drug-likeness (QED) is 0.741. The average Bonchev–Trinajstić information content (AvgIpc) is 2.96. The van der Waals surface area contributed by atoms with Gasteiger partial charge in [0.05, 0.1) is 0 Å². The zero-order valence-corrected chi connectivity index (χ0v) is 10.5. The van der Waals surface area contributed by atoms with Crippen molar-refractivity contribution in [3.63, 3.8) is 0 Å². The van der Waals surface area contributed by atoms with Crippen LogP contribution in [0.1, 0.15) is 6.42 Å². The van der Waals surface area contributed by atoms with Crippen LogP contribution in [0.25, 0.3) is 11.0 Å². The maximum absolute atomic E-state index is 12.3. The average molecular weight is 266 g/mol. The van der Waals surface area contributed by atoms with Crippen LogP contribution in [0, 0.1) is 0 Å². The highest BCUT2D eigenvalue weighted by molar-refractivity contribution is 7.89. The second-order valence-electron chi connectivity index (χ2n) is 4.36. The minimum atomic E-state index is -3.49. The van der Waals surface area contributed by atoms with E-state index in [1.807, 2.05) is 0 Å². The standard InChI is InChI=1S/C11H14N4O2S/c16-18(17,15-8-3-5-12-6-8)10-7-14-11-9(10)2-1-4-13-11/h1-2,4,7-8,12,15H,3,5-6H2,(H,13,14)/t8-/m0/s1. The van der Waals surface area contributed by atoms with Gasteiger partial charge in [-0.1, -0.05) is 0 Å². The van der Waals surface area contributed by atoms with Crippen molar-refractivity contribution in [2.45, 2.75) is 17.4 Å². The number of aromatic nitrogens is 2. The molecule has 0 bridgehead atoms. The molecule has 18 heavy (non-hydrogen) atoms. The molecule has 0 radical (unpaired) electrons. The smallest absolute Gasteiger partial charge is 0.243 e. The SMILES string of the molecule is O=S(=O)(N[C@H]1CCNC1)c1c[nH]c2ncccc12. The van der Waals surface area contributed by atoms with E-state index in [-0.39, 0.29) is 10.9 Å². The lowest BCUT2D eigenvalue weighted by molar-refractivity contribution is 0.561. The highest BCUT2D eigenvalue weighted by Gasteiger charge is 2.25. The summed E-state index contributed by atoms with van der Waals surface area (Å²) in [5.41, 5.74) is 0.586.